The number of halogens is 2. The van der Waals surface area contributed by atoms with Crippen molar-refractivity contribution in [3.8, 4) is 22.4 Å². The summed E-state index contributed by atoms with van der Waals surface area (Å²) in [4.78, 5) is 2.21. The van der Waals surface area contributed by atoms with Crippen LogP contribution in [-0.4, -0.2) is 35.3 Å². The minimum Gasteiger partial charge on any atom is -0.309 e. The lowest BCUT2D eigenvalue weighted by molar-refractivity contribution is 0.381. The molecule has 0 N–H and O–H groups in total. The molecule has 3 nitrogen and oxygen atoms in total. The molecule has 0 atom stereocenters. The molecule has 0 aliphatic rings. The Morgan fingerprint density at radius 3 is 1.96 bits per heavy atom. The van der Waals surface area contributed by atoms with Crippen LogP contribution in [0.4, 0.5) is 0 Å². The van der Waals surface area contributed by atoms with Gasteiger partial charge in [0, 0.05) is 23.9 Å². The van der Waals surface area contributed by atoms with E-state index in [2.05, 4.69) is 78.4 Å². The van der Waals surface area contributed by atoms with E-state index in [1.165, 1.54) is 11.1 Å². The van der Waals surface area contributed by atoms with Crippen LogP contribution in [0.2, 0.25) is 0 Å². The van der Waals surface area contributed by atoms with Gasteiger partial charge in [0.1, 0.15) is 5.69 Å². The molecule has 1 aromatic heterocycles. The normalized spacial score (nSPS) is 10.2. The van der Waals surface area contributed by atoms with Gasteiger partial charge in [-0.05, 0) is 32.6 Å². The molecule has 134 valence electrons. The van der Waals surface area contributed by atoms with Crippen LogP contribution < -0.4 is 0 Å². The SMILES string of the molecule is CN(C)CCCn1cc(-c2ccccc2)c(-c2ccccc2)n1.Cl.Cl. The Balaban J connectivity index is 0.00000156. The number of benzene rings is 2. The Morgan fingerprint density at radius 2 is 1.40 bits per heavy atom. The van der Waals surface area contributed by atoms with Gasteiger partial charge in [-0.1, -0.05) is 60.7 Å². The summed E-state index contributed by atoms with van der Waals surface area (Å²) >= 11 is 0. The molecule has 2 aromatic carbocycles. The molecule has 0 aliphatic heterocycles. The first-order chi connectivity index (χ1) is 11.2. The summed E-state index contributed by atoms with van der Waals surface area (Å²) in [7, 11) is 4.21. The zero-order valence-electron chi connectivity index (χ0n) is 14.6. The van der Waals surface area contributed by atoms with Crippen molar-refractivity contribution in [2.24, 2.45) is 0 Å². The Bertz CT molecular complexity index is 683. The average molecular weight is 378 g/mol. The van der Waals surface area contributed by atoms with E-state index in [9.17, 15) is 0 Å². The summed E-state index contributed by atoms with van der Waals surface area (Å²) in [6.07, 6.45) is 3.27. The topological polar surface area (TPSA) is 21.1 Å². The van der Waals surface area contributed by atoms with Crippen LogP contribution in [0.25, 0.3) is 22.4 Å². The van der Waals surface area contributed by atoms with Crippen LogP contribution in [0.5, 0.6) is 0 Å². The Hall–Kier alpha value is -1.81. The molecule has 0 fully saturated rings. The van der Waals surface area contributed by atoms with Gasteiger partial charge in [0.05, 0.1) is 0 Å². The second kappa shape index (κ2) is 10.2. The van der Waals surface area contributed by atoms with Crippen LogP contribution in [-0.2, 0) is 6.54 Å². The standard InChI is InChI=1S/C20H23N3.2ClH/c1-22(2)14-9-15-23-16-19(17-10-5-3-6-11-17)20(21-23)18-12-7-4-8-13-18;;/h3-8,10-13,16H,9,14-15H2,1-2H3;2*1H. The van der Waals surface area contributed by atoms with Crippen molar-refractivity contribution in [2.45, 2.75) is 13.0 Å². The number of hydrogen-bond acceptors (Lipinski definition) is 2. The predicted octanol–water partition coefficient (Wildman–Crippen LogP) is 5.01. The molecule has 5 heteroatoms. The summed E-state index contributed by atoms with van der Waals surface area (Å²) in [6, 6.07) is 20.9. The fraction of sp³-hybridized carbons (Fsp3) is 0.250. The number of hydrogen-bond donors (Lipinski definition) is 0. The van der Waals surface area contributed by atoms with Gasteiger partial charge in [-0.15, -0.1) is 24.8 Å². The van der Waals surface area contributed by atoms with E-state index >= 15 is 0 Å². The van der Waals surface area contributed by atoms with Crippen LogP contribution in [0.1, 0.15) is 6.42 Å². The highest BCUT2D eigenvalue weighted by Crippen LogP contribution is 2.30. The van der Waals surface area contributed by atoms with E-state index in [4.69, 9.17) is 5.10 Å². The molecule has 0 bridgehead atoms. The van der Waals surface area contributed by atoms with Crippen LogP contribution in [0, 0.1) is 0 Å². The summed E-state index contributed by atoms with van der Waals surface area (Å²) in [6.45, 7) is 2.01. The van der Waals surface area contributed by atoms with E-state index in [1.54, 1.807) is 0 Å². The van der Waals surface area contributed by atoms with Crippen molar-refractivity contribution in [3.05, 3.63) is 66.9 Å². The van der Waals surface area contributed by atoms with Gasteiger partial charge < -0.3 is 4.90 Å². The Kier molecular flexibility index (Phi) is 8.70. The number of nitrogens with zero attached hydrogens (tertiary/aromatic N) is 3. The van der Waals surface area contributed by atoms with Gasteiger partial charge in [0.2, 0.25) is 0 Å². The molecule has 0 aliphatic carbocycles. The smallest absolute Gasteiger partial charge is 0.100 e. The predicted molar refractivity (Wildman–Crippen MR) is 111 cm³/mol. The first-order valence-corrected chi connectivity index (χ1v) is 8.07. The third kappa shape index (κ3) is 5.60. The molecule has 0 unspecified atom stereocenters. The van der Waals surface area contributed by atoms with E-state index in [-0.39, 0.29) is 24.8 Å². The quantitative estimate of drug-likeness (QED) is 0.601. The van der Waals surface area contributed by atoms with Gasteiger partial charge in [-0.2, -0.15) is 5.10 Å². The lowest BCUT2D eigenvalue weighted by Gasteiger charge is -2.08. The first kappa shape index (κ1) is 21.2. The molecular formula is C20H25Cl2N3. The third-order valence-electron chi connectivity index (χ3n) is 3.89. The molecule has 0 saturated carbocycles. The van der Waals surface area contributed by atoms with Crippen molar-refractivity contribution in [1.82, 2.24) is 14.7 Å². The fourth-order valence-corrected chi connectivity index (χ4v) is 2.72. The molecule has 0 spiro atoms. The van der Waals surface area contributed by atoms with E-state index in [0.29, 0.717) is 0 Å². The van der Waals surface area contributed by atoms with Crippen molar-refractivity contribution < 1.29 is 0 Å². The minimum absolute atomic E-state index is 0. The van der Waals surface area contributed by atoms with Crippen LogP contribution >= 0.6 is 24.8 Å². The van der Waals surface area contributed by atoms with Crippen molar-refractivity contribution in [1.29, 1.82) is 0 Å². The fourth-order valence-electron chi connectivity index (χ4n) is 2.72. The summed E-state index contributed by atoms with van der Waals surface area (Å²) in [5.74, 6) is 0. The molecule has 0 saturated heterocycles. The molecule has 3 aromatic rings. The summed E-state index contributed by atoms with van der Waals surface area (Å²) < 4.78 is 2.08. The lowest BCUT2D eigenvalue weighted by atomic mass is 10.0. The maximum absolute atomic E-state index is 4.85. The summed E-state index contributed by atoms with van der Waals surface area (Å²) in [5, 5.41) is 4.85. The molecule has 0 amide bonds. The molecular weight excluding hydrogens is 353 g/mol. The second-order valence-corrected chi connectivity index (χ2v) is 6.04. The highest BCUT2D eigenvalue weighted by Gasteiger charge is 2.12. The molecule has 0 radical (unpaired) electrons. The Morgan fingerprint density at radius 1 is 0.840 bits per heavy atom. The third-order valence-corrected chi connectivity index (χ3v) is 3.89. The molecule has 25 heavy (non-hydrogen) atoms. The lowest BCUT2D eigenvalue weighted by Crippen LogP contribution is -2.15. The maximum atomic E-state index is 4.85. The Labute approximate surface area is 162 Å². The second-order valence-electron chi connectivity index (χ2n) is 6.04. The highest BCUT2D eigenvalue weighted by atomic mass is 35.5. The highest BCUT2D eigenvalue weighted by molar-refractivity contribution is 5.85. The summed E-state index contributed by atoms with van der Waals surface area (Å²) in [5.41, 5.74) is 4.63. The van der Waals surface area contributed by atoms with Crippen LogP contribution in [0.3, 0.4) is 0 Å². The van der Waals surface area contributed by atoms with Crippen molar-refractivity contribution in [2.75, 3.05) is 20.6 Å². The maximum Gasteiger partial charge on any atom is 0.100 e. The molecule has 1 heterocycles. The van der Waals surface area contributed by atoms with Crippen molar-refractivity contribution in [3.63, 3.8) is 0 Å². The van der Waals surface area contributed by atoms with Gasteiger partial charge >= 0.3 is 0 Å². The van der Waals surface area contributed by atoms with Gasteiger partial charge in [0.25, 0.3) is 0 Å². The van der Waals surface area contributed by atoms with Gasteiger partial charge in [-0.25, -0.2) is 0 Å². The largest absolute Gasteiger partial charge is 0.309 e. The van der Waals surface area contributed by atoms with Crippen molar-refractivity contribution >= 4 is 24.8 Å². The minimum atomic E-state index is 0. The van der Waals surface area contributed by atoms with Gasteiger partial charge in [-0.3, -0.25) is 4.68 Å². The first-order valence-electron chi connectivity index (χ1n) is 8.07. The van der Waals surface area contributed by atoms with E-state index in [0.717, 1.165) is 30.8 Å². The molecule has 3 rings (SSSR count). The van der Waals surface area contributed by atoms with E-state index < -0.39 is 0 Å². The van der Waals surface area contributed by atoms with Gasteiger partial charge in [0.15, 0.2) is 0 Å². The number of rotatable bonds is 6. The van der Waals surface area contributed by atoms with Crippen LogP contribution in [0.15, 0.2) is 66.9 Å². The monoisotopic (exact) mass is 377 g/mol. The number of aryl methyl sites for hydroxylation is 1. The zero-order valence-corrected chi connectivity index (χ0v) is 16.3. The van der Waals surface area contributed by atoms with E-state index in [1.807, 2.05) is 12.1 Å². The average Bonchev–Trinajstić information content (AvgIpc) is 3.00. The number of aromatic nitrogens is 2. The zero-order chi connectivity index (χ0) is 16.1.